The van der Waals surface area contributed by atoms with Gasteiger partial charge in [0.2, 0.25) is 0 Å². The first-order chi connectivity index (χ1) is 8.20. The predicted molar refractivity (Wildman–Crippen MR) is 64.0 cm³/mol. The van der Waals surface area contributed by atoms with Crippen molar-refractivity contribution in [2.75, 3.05) is 6.54 Å². The van der Waals surface area contributed by atoms with Crippen molar-refractivity contribution in [2.45, 2.75) is 12.7 Å². The van der Waals surface area contributed by atoms with Crippen LogP contribution in [0.15, 0.2) is 28.7 Å². The van der Waals surface area contributed by atoms with Gasteiger partial charge in [-0.05, 0) is 11.6 Å². The van der Waals surface area contributed by atoms with Gasteiger partial charge < -0.3 is 0 Å². The summed E-state index contributed by atoms with van der Waals surface area (Å²) in [5, 5.41) is 0. The van der Waals surface area contributed by atoms with Gasteiger partial charge in [-0.15, -0.1) is 0 Å². The van der Waals surface area contributed by atoms with Crippen molar-refractivity contribution in [3.05, 3.63) is 34.3 Å². The van der Waals surface area contributed by atoms with Gasteiger partial charge in [0, 0.05) is 11.0 Å². The Morgan fingerprint density at radius 3 is 2.33 bits per heavy atom. The second-order valence-corrected chi connectivity index (χ2v) is 5.79. The van der Waals surface area contributed by atoms with Gasteiger partial charge in [0.1, 0.15) is 6.54 Å². The molecule has 18 heavy (non-hydrogen) atoms. The summed E-state index contributed by atoms with van der Waals surface area (Å²) in [6.45, 7) is -1.70. The molecular weight excluding hydrogens is 337 g/mol. The fraction of sp³-hybridized carbons (Fsp3) is 0.333. The summed E-state index contributed by atoms with van der Waals surface area (Å²) < 4.78 is 62.1. The molecule has 9 heteroatoms. The van der Waals surface area contributed by atoms with Gasteiger partial charge in [-0.25, -0.2) is 0 Å². The predicted octanol–water partition coefficient (Wildman–Crippen LogP) is 1.94. The zero-order valence-corrected chi connectivity index (χ0v) is 11.4. The molecule has 0 radical (unpaired) electrons. The van der Waals surface area contributed by atoms with Crippen molar-refractivity contribution in [2.24, 2.45) is 0 Å². The van der Waals surface area contributed by atoms with Gasteiger partial charge in [0.15, 0.2) is 0 Å². The highest BCUT2D eigenvalue weighted by Crippen LogP contribution is 2.16. The summed E-state index contributed by atoms with van der Waals surface area (Å²) in [6.07, 6.45) is -4.58. The second-order valence-electron chi connectivity index (χ2n) is 3.35. The van der Waals surface area contributed by atoms with E-state index in [1.807, 2.05) is 4.72 Å². The smallest absolute Gasteiger partial charge is 0.198 e. The van der Waals surface area contributed by atoms with E-state index in [1.54, 1.807) is 24.3 Å². The number of benzene rings is 1. The first-order valence-corrected chi connectivity index (χ1v) is 7.02. The van der Waals surface area contributed by atoms with Crippen LogP contribution in [0.1, 0.15) is 5.56 Å². The van der Waals surface area contributed by atoms with E-state index in [4.69, 9.17) is 0 Å². The van der Waals surface area contributed by atoms with E-state index in [-0.39, 0.29) is 6.54 Å². The SMILES string of the molecule is O=S(=O)(NCc1ccccc1Br)NCC(F)(F)F. The maximum atomic E-state index is 11.9. The minimum absolute atomic E-state index is 0.103. The molecule has 1 rings (SSSR count). The number of halogens is 4. The lowest BCUT2D eigenvalue weighted by Gasteiger charge is -2.10. The van der Waals surface area contributed by atoms with Crippen LogP contribution < -0.4 is 9.44 Å². The van der Waals surface area contributed by atoms with Gasteiger partial charge in [-0.3, -0.25) is 0 Å². The summed E-state index contributed by atoms with van der Waals surface area (Å²) in [4.78, 5) is 0. The first kappa shape index (κ1) is 15.4. The normalized spacial score (nSPS) is 12.7. The van der Waals surface area contributed by atoms with Gasteiger partial charge >= 0.3 is 6.18 Å². The number of hydrogen-bond acceptors (Lipinski definition) is 2. The van der Waals surface area contributed by atoms with Crippen LogP contribution in [0.5, 0.6) is 0 Å². The Morgan fingerprint density at radius 1 is 1.17 bits per heavy atom. The van der Waals surface area contributed by atoms with Crippen LogP contribution >= 0.6 is 15.9 Å². The molecular formula is C9H10BrF3N2O2S. The van der Waals surface area contributed by atoms with Crippen molar-refractivity contribution >= 4 is 26.1 Å². The number of hydrogen-bond donors (Lipinski definition) is 2. The molecule has 4 nitrogen and oxygen atoms in total. The molecule has 0 saturated carbocycles. The lowest BCUT2D eigenvalue weighted by Crippen LogP contribution is -2.41. The van der Waals surface area contributed by atoms with E-state index in [0.717, 1.165) is 0 Å². The number of rotatable bonds is 5. The van der Waals surface area contributed by atoms with E-state index in [1.165, 1.54) is 4.72 Å². The van der Waals surface area contributed by atoms with Crippen molar-refractivity contribution in [3.8, 4) is 0 Å². The lowest BCUT2D eigenvalue weighted by atomic mass is 10.2. The van der Waals surface area contributed by atoms with Crippen molar-refractivity contribution in [3.63, 3.8) is 0 Å². The monoisotopic (exact) mass is 346 g/mol. The Bertz CT molecular complexity index is 505. The minimum atomic E-state index is -4.58. The van der Waals surface area contributed by atoms with Crippen molar-refractivity contribution in [1.82, 2.24) is 9.44 Å². The van der Waals surface area contributed by atoms with Gasteiger partial charge in [0.05, 0.1) is 0 Å². The molecule has 0 aliphatic rings. The molecule has 0 atom stereocenters. The highest BCUT2D eigenvalue weighted by Gasteiger charge is 2.29. The zero-order chi connectivity index (χ0) is 13.8. The average molecular weight is 347 g/mol. The molecule has 0 amide bonds. The molecule has 1 aromatic rings. The third kappa shape index (κ3) is 5.80. The lowest BCUT2D eigenvalue weighted by molar-refractivity contribution is -0.121. The van der Waals surface area contributed by atoms with E-state index in [0.29, 0.717) is 10.0 Å². The third-order valence-corrected chi connectivity index (χ3v) is 3.70. The topological polar surface area (TPSA) is 58.2 Å². The van der Waals surface area contributed by atoms with E-state index in [9.17, 15) is 21.6 Å². The van der Waals surface area contributed by atoms with E-state index < -0.39 is 22.9 Å². The average Bonchev–Trinajstić information content (AvgIpc) is 2.25. The highest BCUT2D eigenvalue weighted by molar-refractivity contribution is 9.10. The summed E-state index contributed by atoms with van der Waals surface area (Å²) in [6, 6.07) is 6.78. The van der Waals surface area contributed by atoms with Crippen LogP contribution in [0.4, 0.5) is 13.2 Å². The van der Waals surface area contributed by atoms with E-state index >= 15 is 0 Å². The van der Waals surface area contributed by atoms with Crippen LogP contribution in [-0.4, -0.2) is 21.1 Å². The van der Waals surface area contributed by atoms with Gasteiger partial charge in [-0.2, -0.15) is 31.0 Å². The standard InChI is InChI=1S/C9H10BrF3N2O2S/c10-8-4-2-1-3-7(8)5-14-18(16,17)15-6-9(11,12)13/h1-4,14-15H,5-6H2. The fourth-order valence-corrected chi connectivity index (χ4v) is 2.27. The van der Waals surface area contributed by atoms with Crippen LogP contribution in [0, 0.1) is 0 Å². The summed E-state index contributed by atoms with van der Waals surface area (Å²) >= 11 is 3.20. The van der Waals surface area contributed by atoms with Gasteiger partial charge in [-0.1, -0.05) is 34.1 Å². The molecule has 0 bridgehead atoms. The van der Waals surface area contributed by atoms with E-state index in [2.05, 4.69) is 15.9 Å². The highest BCUT2D eigenvalue weighted by atomic mass is 79.9. The number of alkyl halides is 3. The minimum Gasteiger partial charge on any atom is -0.198 e. The van der Waals surface area contributed by atoms with Gasteiger partial charge in [0.25, 0.3) is 10.2 Å². The Kier molecular flexibility index (Phi) is 5.14. The van der Waals surface area contributed by atoms with Crippen LogP contribution in [-0.2, 0) is 16.8 Å². The quantitative estimate of drug-likeness (QED) is 0.855. The molecule has 0 aromatic heterocycles. The molecule has 0 saturated heterocycles. The second kappa shape index (κ2) is 6.00. The first-order valence-electron chi connectivity index (χ1n) is 4.74. The summed E-state index contributed by atoms with van der Waals surface area (Å²) in [5.41, 5.74) is 0.620. The molecule has 0 fully saturated rings. The largest absolute Gasteiger partial charge is 0.402 e. The fourth-order valence-electron chi connectivity index (χ4n) is 1.04. The molecule has 2 N–H and O–H groups in total. The van der Waals surface area contributed by atoms with Crippen molar-refractivity contribution < 1.29 is 21.6 Å². The molecule has 102 valence electrons. The number of nitrogens with one attached hydrogen (secondary N) is 2. The Balaban J connectivity index is 2.55. The summed E-state index contributed by atoms with van der Waals surface area (Å²) in [7, 11) is -4.17. The molecule has 0 spiro atoms. The van der Waals surface area contributed by atoms with Crippen molar-refractivity contribution in [1.29, 1.82) is 0 Å². The third-order valence-electron chi connectivity index (χ3n) is 1.87. The maximum absolute atomic E-state index is 11.9. The Morgan fingerprint density at radius 2 is 1.78 bits per heavy atom. The Hall–Kier alpha value is -0.640. The zero-order valence-electron chi connectivity index (χ0n) is 8.96. The molecule has 1 aromatic carbocycles. The molecule has 0 unspecified atom stereocenters. The molecule has 0 aliphatic heterocycles. The van der Waals surface area contributed by atoms with Crippen LogP contribution in [0.2, 0.25) is 0 Å². The Labute approximate surface area is 111 Å². The van der Waals surface area contributed by atoms with Crippen LogP contribution in [0.3, 0.4) is 0 Å². The summed E-state index contributed by atoms with van der Waals surface area (Å²) in [5.74, 6) is 0. The molecule has 0 heterocycles. The molecule has 0 aliphatic carbocycles. The van der Waals surface area contributed by atoms with Crippen LogP contribution in [0.25, 0.3) is 0 Å². The maximum Gasteiger partial charge on any atom is 0.402 e.